The zero-order valence-electron chi connectivity index (χ0n) is 9.21. The maximum absolute atomic E-state index is 12.2. The molecule has 0 unspecified atom stereocenters. The second kappa shape index (κ2) is 4.92. The summed E-state index contributed by atoms with van der Waals surface area (Å²) in [6, 6.07) is 11.7. The summed E-state index contributed by atoms with van der Waals surface area (Å²) < 4.78 is 24.4. The van der Waals surface area contributed by atoms with Crippen molar-refractivity contribution in [2.45, 2.75) is 9.79 Å². The summed E-state index contributed by atoms with van der Waals surface area (Å²) in [5, 5.41) is 0.477. The van der Waals surface area contributed by atoms with Crippen molar-refractivity contribution in [3.8, 4) is 0 Å². The first kappa shape index (κ1) is 12.8. The van der Waals surface area contributed by atoms with Crippen molar-refractivity contribution in [1.82, 2.24) is 0 Å². The van der Waals surface area contributed by atoms with Crippen molar-refractivity contribution in [3.63, 3.8) is 0 Å². The quantitative estimate of drug-likeness (QED) is 0.812. The van der Waals surface area contributed by atoms with Gasteiger partial charge in [-0.1, -0.05) is 23.7 Å². The molecule has 0 aliphatic carbocycles. The maximum atomic E-state index is 12.2. The van der Waals surface area contributed by atoms with Crippen LogP contribution in [0.1, 0.15) is 10.4 Å². The average molecular weight is 281 g/mol. The van der Waals surface area contributed by atoms with E-state index in [2.05, 4.69) is 0 Å². The van der Waals surface area contributed by atoms with E-state index >= 15 is 0 Å². The van der Waals surface area contributed by atoms with Crippen LogP contribution in [0.2, 0.25) is 5.02 Å². The Hall–Kier alpha value is -1.65. The van der Waals surface area contributed by atoms with Crippen LogP contribution in [-0.2, 0) is 9.84 Å². The highest BCUT2D eigenvalue weighted by Gasteiger charge is 2.16. The molecule has 0 saturated carbocycles. The van der Waals surface area contributed by atoms with Crippen LogP contribution in [0.15, 0.2) is 58.3 Å². The summed E-state index contributed by atoms with van der Waals surface area (Å²) >= 11 is 5.71. The monoisotopic (exact) mass is 280 g/mol. The summed E-state index contributed by atoms with van der Waals surface area (Å²) in [5.41, 5.74) is 0.435. The summed E-state index contributed by atoms with van der Waals surface area (Å²) in [4.78, 5) is 10.8. The Labute approximate surface area is 110 Å². The zero-order valence-corrected chi connectivity index (χ0v) is 10.8. The molecule has 92 valence electrons. The summed E-state index contributed by atoms with van der Waals surface area (Å²) in [7, 11) is -3.56. The first-order valence-electron chi connectivity index (χ1n) is 5.10. The zero-order chi connectivity index (χ0) is 13.2. The normalized spacial score (nSPS) is 11.2. The van der Waals surface area contributed by atoms with Crippen molar-refractivity contribution in [2.75, 3.05) is 0 Å². The van der Waals surface area contributed by atoms with Crippen LogP contribution >= 0.6 is 11.6 Å². The SMILES string of the molecule is O=Cc1ccc(S(=O)(=O)c2ccc(Cl)cc2)cc1. The molecule has 0 N–H and O–H groups in total. The molecule has 2 aromatic rings. The molecule has 0 spiro atoms. The van der Waals surface area contributed by atoms with Gasteiger partial charge in [0.2, 0.25) is 9.84 Å². The van der Waals surface area contributed by atoms with Gasteiger partial charge in [0.15, 0.2) is 0 Å². The number of benzene rings is 2. The van der Waals surface area contributed by atoms with Gasteiger partial charge < -0.3 is 0 Å². The van der Waals surface area contributed by atoms with Crippen molar-refractivity contribution in [2.24, 2.45) is 0 Å². The van der Waals surface area contributed by atoms with Crippen molar-refractivity contribution < 1.29 is 13.2 Å². The first-order valence-corrected chi connectivity index (χ1v) is 6.96. The second-order valence-corrected chi connectivity index (χ2v) is 6.03. The number of halogens is 1. The highest BCUT2D eigenvalue weighted by atomic mass is 35.5. The van der Waals surface area contributed by atoms with Crippen molar-refractivity contribution in [3.05, 3.63) is 59.1 Å². The molecule has 0 aliphatic rings. The Morgan fingerprint density at radius 3 is 1.72 bits per heavy atom. The Morgan fingerprint density at radius 2 is 1.28 bits per heavy atom. The predicted molar refractivity (Wildman–Crippen MR) is 68.7 cm³/mol. The highest BCUT2D eigenvalue weighted by Crippen LogP contribution is 2.22. The molecular weight excluding hydrogens is 272 g/mol. The van der Waals surface area contributed by atoms with Gasteiger partial charge in [-0.05, 0) is 36.4 Å². The van der Waals surface area contributed by atoms with Gasteiger partial charge in [0.1, 0.15) is 6.29 Å². The lowest BCUT2D eigenvalue weighted by Gasteiger charge is -2.04. The number of hydrogen-bond acceptors (Lipinski definition) is 3. The van der Waals surface area contributed by atoms with E-state index < -0.39 is 9.84 Å². The molecule has 0 heterocycles. The number of carbonyl (C=O) groups excluding carboxylic acids is 1. The van der Waals surface area contributed by atoms with Gasteiger partial charge in [-0.3, -0.25) is 4.79 Å². The van der Waals surface area contributed by atoms with E-state index in [9.17, 15) is 13.2 Å². The minimum Gasteiger partial charge on any atom is -0.298 e. The Balaban J connectivity index is 2.47. The van der Waals surface area contributed by atoms with E-state index in [4.69, 9.17) is 11.6 Å². The van der Waals surface area contributed by atoms with E-state index in [1.165, 1.54) is 48.5 Å². The van der Waals surface area contributed by atoms with Crippen LogP contribution in [0.3, 0.4) is 0 Å². The molecule has 5 heteroatoms. The second-order valence-electron chi connectivity index (χ2n) is 3.64. The molecule has 2 aromatic carbocycles. The lowest BCUT2D eigenvalue weighted by Crippen LogP contribution is -2.01. The van der Waals surface area contributed by atoms with Crippen LogP contribution < -0.4 is 0 Å². The molecule has 18 heavy (non-hydrogen) atoms. The molecule has 0 bridgehead atoms. The van der Waals surface area contributed by atoms with Gasteiger partial charge in [-0.2, -0.15) is 0 Å². The molecule has 0 radical (unpaired) electrons. The molecule has 2 rings (SSSR count). The number of rotatable bonds is 3. The first-order chi connectivity index (χ1) is 8.54. The van der Waals surface area contributed by atoms with Crippen LogP contribution in [0.4, 0.5) is 0 Å². The van der Waals surface area contributed by atoms with Crippen molar-refractivity contribution >= 4 is 27.7 Å². The Bertz CT molecular complexity index is 658. The van der Waals surface area contributed by atoms with E-state index in [0.717, 1.165) is 0 Å². The molecule has 0 atom stereocenters. The third-order valence-electron chi connectivity index (χ3n) is 2.45. The standard InChI is InChI=1S/C13H9ClO3S/c14-11-3-7-13(8-4-11)18(16,17)12-5-1-10(9-15)2-6-12/h1-9H. The average Bonchev–Trinajstić information content (AvgIpc) is 2.39. The van der Waals surface area contributed by atoms with Gasteiger partial charge >= 0.3 is 0 Å². The molecule has 0 saturated heterocycles. The lowest BCUT2D eigenvalue weighted by atomic mass is 10.2. The molecular formula is C13H9ClO3S. The van der Waals surface area contributed by atoms with E-state index in [1.807, 2.05) is 0 Å². The predicted octanol–water partition coefficient (Wildman–Crippen LogP) is 2.99. The third kappa shape index (κ3) is 2.44. The smallest absolute Gasteiger partial charge is 0.206 e. The summed E-state index contributed by atoms with van der Waals surface area (Å²) in [6.45, 7) is 0. The fraction of sp³-hybridized carbons (Fsp3) is 0. The summed E-state index contributed by atoms with van der Waals surface area (Å²) in [6.07, 6.45) is 0.665. The van der Waals surface area contributed by atoms with Crippen LogP contribution in [0.5, 0.6) is 0 Å². The van der Waals surface area contributed by atoms with Gasteiger partial charge in [0, 0.05) is 10.6 Å². The number of hydrogen-bond donors (Lipinski definition) is 0. The van der Waals surface area contributed by atoms with Crippen LogP contribution in [0.25, 0.3) is 0 Å². The van der Waals surface area contributed by atoms with Gasteiger partial charge in [0.25, 0.3) is 0 Å². The molecule has 0 aliphatic heterocycles. The maximum Gasteiger partial charge on any atom is 0.206 e. The molecule has 0 aromatic heterocycles. The largest absolute Gasteiger partial charge is 0.298 e. The van der Waals surface area contributed by atoms with Gasteiger partial charge in [0.05, 0.1) is 9.79 Å². The van der Waals surface area contributed by atoms with Crippen LogP contribution in [0, 0.1) is 0 Å². The highest BCUT2D eigenvalue weighted by molar-refractivity contribution is 7.91. The van der Waals surface area contributed by atoms with Crippen LogP contribution in [-0.4, -0.2) is 14.7 Å². The van der Waals surface area contributed by atoms with E-state index in [0.29, 0.717) is 16.9 Å². The molecule has 0 amide bonds. The number of aldehydes is 1. The Morgan fingerprint density at radius 1 is 0.833 bits per heavy atom. The summed E-state index contributed by atoms with van der Waals surface area (Å²) in [5.74, 6) is 0. The third-order valence-corrected chi connectivity index (χ3v) is 4.49. The fourth-order valence-electron chi connectivity index (χ4n) is 1.48. The minimum atomic E-state index is -3.56. The van der Waals surface area contributed by atoms with Gasteiger partial charge in [-0.25, -0.2) is 8.42 Å². The lowest BCUT2D eigenvalue weighted by molar-refractivity contribution is 0.112. The molecule has 0 fully saturated rings. The topological polar surface area (TPSA) is 51.2 Å². The van der Waals surface area contributed by atoms with Crippen molar-refractivity contribution in [1.29, 1.82) is 0 Å². The number of sulfone groups is 1. The van der Waals surface area contributed by atoms with Gasteiger partial charge in [-0.15, -0.1) is 0 Å². The van der Waals surface area contributed by atoms with E-state index in [-0.39, 0.29) is 9.79 Å². The minimum absolute atomic E-state index is 0.149. The fourth-order valence-corrected chi connectivity index (χ4v) is 2.86. The molecule has 3 nitrogen and oxygen atoms in total. The Kier molecular flexibility index (Phi) is 3.50. The van der Waals surface area contributed by atoms with E-state index in [1.54, 1.807) is 0 Å². The number of carbonyl (C=O) groups is 1.